The van der Waals surface area contributed by atoms with Crippen molar-refractivity contribution in [2.75, 3.05) is 0 Å². The molecule has 0 bridgehead atoms. The molecule has 0 fully saturated rings. The second-order valence-corrected chi connectivity index (χ2v) is 10.1. The van der Waals surface area contributed by atoms with Crippen molar-refractivity contribution >= 4 is 35.3 Å². The Morgan fingerprint density at radius 1 is 1.06 bits per heavy atom. The van der Waals surface area contributed by atoms with Crippen LogP contribution in [0.1, 0.15) is 33.3 Å². The summed E-state index contributed by atoms with van der Waals surface area (Å²) in [5.74, 6) is 0.269. The number of urea groups is 1. The number of nitrogens with one attached hydrogen (secondary N) is 2. The van der Waals surface area contributed by atoms with Crippen LogP contribution in [0.15, 0.2) is 59.8 Å². The van der Waals surface area contributed by atoms with E-state index < -0.39 is 22.7 Å². The van der Waals surface area contributed by atoms with Crippen LogP contribution in [-0.4, -0.2) is 37.5 Å². The highest BCUT2D eigenvalue weighted by atomic mass is 35.5. The van der Waals surface area contributed by atoms with Gasteiger partial charge in [-0.05, 0) is 57.5 Å². The third-order valence-electron chi connectivity index (χ3n) is 4.38. The van der Waals surface area contributed by atoms with E-state index in [1.807, 2.05) is 67.8 Å². The van der Waals surface area contributed by atoms with Crippen molar-refractivity contribution in [3.8, 4) is 11.4 Å². The lowest BCUT2D eigenvalue weighted by Gasteiger charge is -2.21. The van der Waals surface area contributed by atoms with Crippen molar-refractivity contribution in [3.05, 3.63) is 65.2 Å². The van der Waals surface area contributed by atoms with Crippen LogP contribution in [0.3, 0.4) is 0 Å². The molecule has 32 heavy (non-hydrogen) atoms. The minimum absolute atomic E-state index is 0.404. The van der Waals surface area contributed by atoms with Crippen LogP contribution in [0.25, 0.3) is 11.4 Å². The highest BCUT2D eigenvalue weighted by Gasteiger charge is 2.23. The molecule has 168 valence electrons. The van der Waals surface area contributed by atoms with Crippen LogP contribution < -0.4 is 10.6 Å². The fourth-order valence-corrected chi connectivity index (χ4v) is 3.87. The summed E-state index contributed by atoms with van der Waals surface area (Å²) in [5.41, 5.74) is 1.50. The van der Waals surface area contributed by atoms with Crippen molar-refractivity contribution in [2.45, 2.75) is 50.2 Å². The number of carbonyl (C=O) groups is 2. The van der Waals surface area contributed by atoms with Gasteiger partial charge in [0.1, 0.15) is 0 Å². The zero-order valence-electron chi connectivity index (χ0n) is 18.4. The molecule has 3 rings (SSSR count). The van der Waals surface area contributed by atoms with Gasteiger partial charge < -0.3 is 5.32 Å². The van der Waals surface area contributed by atoms with Crippen LogP contribution in [0.4, 0.5) is 4.79 Å². The third kappa shape index (κ3) is 6.58. The van der Waals surface area contributed by atoms with Gasteiger partial charge in [-0.2, -0.15) is 0 Å². The van der Waals surface area contributed by atoms with Crippen LogP contribution in [-0.2, 0) is 11.3 Å². The Balaban J connectivity index is 1.83. The highest BCUT2D eigenvalue weighted by Crippen LogP contribution is 2.28. The lowest BCUT2D eigenvalue weighted by atomic mass is 10.1. The number of hydrogen-bond acceptors (Lipinski definition) is 5. The lowest BCUT2D eigenvalue weighted by Crippen LogP contribution is -2.49. The molecule has 0 saturated carbocycles. The van der Waals surface area contributed by atoms with E-state index in [4.69, 9.17) is 11.6 Å². The molecule has 0 saturated heterocycles. The molecule has 2 N–H and O–H groups in total. The Kier molecular flexibility index (Phi) is 7.58. The number of hydrogen-bond donors (Lipinski definition) is 2. The Morgan fingerprint density at radius 2 is 1.72 bits per heavy atom. The maximum Gasteiger partial charge on any atom is 0.321 e. The fraction of sp³-hybridized carbons (Fsp3) is 0.304. The predicted molar refractivity (Wildman–Crippen MR) is 128 cm³/mol. The monoisotopic (exact) mass is 471 g/mol. The molecule has 0 aliphatic carbocycles. The maximum absolute atomic E-state index is 12.6. The molecule has 1 unspecified atom stereocenters. The Bertz CT molecular complexity index is 1080. The second-order valence-electron chi connectivity index (χ2n) is 8.34. The first-order chi connectivity index (χ1) is 15.1. The van der Waals surface area contributed by atoms with Gasteiger partial charge in [0.15, 0.2) is 11.0 Å². The van der Waals surface area contributed by atoms with E-state index in [1.54, 1.807) is 19.1 Å². The summed E-state index contributed by atoms with van der Waals surface area (Å²) in [4.78, 5) is 24.6. The number of rotatable bonds is 6. The van der Waals surface area contributed by atoms with E-state index in [0.717, 1.165) is 11.1 Å². The van der Waals surface area contributed by atoms with E-state index in [9.17, 15) is 9.59 Å². The first-order valence-corrected chi connectivity index (χ1v) is 11.4. The molecule has 1 atom stereocenters. The van der Waals surface area contributed by atoms with Gasteiger partial charge in [0, 0.05) is 16.1 Å². The predicted octanol–water partition coefficient (Wildman–Crippen LogP) is 4.75. The molecule has 3 aromatic rings. The highest BCUT2D eigenvalue weighted by molar-refractivity contribution is 8.00. The van der Waals surface area contributed by atoms with Crippen LogP contribution in [0, 0.1) is 0 Å². The first-order valence-electron chi connectivity index (χ1n) is 10.1. The Hall–Kier alpha value is -2.84. The largest absolute Gasteiger partial charge is 0.333 e. The number of thioether (sulfide) groups is 1. The number of carbonyl (C=O) groups excluding carboxylic acids is 2. The number of aromatic nitrogens is 3. The van der Waals surface area contributed by atoms with Crippen molar-refractivity contribution in [2.24, 2.45) is 0 Å². The maximum atomic E-state index is 12.6. The van der Waals surface area contributed by atoms with Gasteiger partial charge in [0.2, 0.25) is 5.91 Å². The Labute approximate surface area is 197 Å². The van der Waals surface area contributed by atoms with Gasteiger partial charge in [0.05, 0.1) is 11.8 Å². The van der Waals surface area contributed by atoms with Crippen molar-refractivity contribution < 1.29 is 9.59 Å². The zero-order chi connectivity index (χ0) is 23.3. The average molecular weight is 472 g/mol. The standard InChI is InChI=1S/C23H26ClN5O2S/c1-15(20(30)25-21(31)26-23(2,3)4)32-22-28-27-19(17-10-12-18(24)13-11-17)29(22)14-16-8-6-5-7-9-16/h5-13,15H,14H2,1-4H3,(H2,25,26,30,31). The van der Waals surface area contributed by atoms with Crippen LogP contribution in [0.2, 0.25) is 5.02 Å². The SMILES string of the molecule is CC(Sc1nnc(-c2ccc(Cl)cc2)n1Cc1ccccc1)C(=O)NC(=O)NC(C)(C)C. The van der Waals surface area contributed by atoms with E-state index in [2.05, 4.69) is 20.8 Å². The third-order valence-corrected chi connectivity index (χ3v) is 5.71. The molecule has 9 heteroatoms. The van der Waals surface area contributed by atoms with Gasteiger partial charge in [-0.1, -0.05) is 53.7 Å². The quantitative estimate of drug-likeness (QED) is 0.506. The van der Waals surface area contributed by atoms with Crippen LogP contribution in [0.5, 0.6) is 0 Å². The van der Waals surface area contributed by atoms with E-state index in [1.165, 1.54) is 11.8 Å². The molecule has 1 aromatic heterocycles. The summed E-state index contributed by atoms with van der Waals surface area (Å²) >= 11 is 7.28. The average Bonchev–Trinajstić information content (AvgIpc) is 3.10. The van der Waals surface area contributed by atoms with Gasteiger partial charge in [-0.3, -0.25) is 14.7 Å². The van der Waals surface area contributed by atoms with E-state index in [-0.39, 0.29) is 0 Å². The molecule has 0 aliphatic heterocycles. The molecule has 7 nitrogen and oxygen atoms in total. The molecular formula is C23H26ClN5O2S. The molecule has 1 heterocycles. The number of halogens is 1. The molecule has 2 aromatic carbocycles. The Morgan fingerprint density at radius 3 is 2.34 bits per heavy atom. The summed E-state index contributed by atoms with van der Waals surface area (Å²) in [6, 6.07) is 16.8. The summed E-state index contributed by atoms with van der Waals surface area (Å²) in [6.07, 6.45) is 0. The molecule has 0 radical (unpaired) electrons. The van der Waals surface area contributed by atoms with E-state index >= 15 is 0 Å². The summed E-state index contributed by atoms with van der Waals surface area (Å²) in [5, 5.41) is 14.5. The summed E-state index contributed by atoms with van der Waals surface area (Å²) in [7, 11) is 0. The normalized spacial score (nSPS) is 12.3. The topological polar surface area (TPSA) is 88.9 Å². The van der Waals surface area contributed by atoms with Crippen molar-refractivity contribution in [1.82, 2.24) is 25.4 Å². The van der Waals surface area contributed by atoms with Gasteiger partial charge >= 0.3 is 6.03 Å². The van der Waals surface area contributed by atoms with Crippen LogP contribution >= 0.6 is 23.4 Å². The zero-order valence-corrected chi connectivity index (χ0v) is 20.0. The van der Waals surface area contributed by atoms with Gasteiger partial charge in [-0.15, -0.1) is 10.2 Å². The smallest absolute Gasteiger partial charge is 0.321 e. The minimum Gasteiger partial charge on any atom is -0.333 e. The first kappa shape index (κ1) is 23.8. The molecule has 0 spiro atoms. The minimum atomic E-state index is -0.558. The molecular weight excluding hydrogens is 446 g/mol. The summed E-state index contributed by atoms with van der Waals surface area (Å²) in [6.45, 7) is 7.81. The number of benzene rings is 2. The van der Waals surface area contributed by atoms with Gasteiger partial charge in [0.25, 0.3) is 0 Å². The number of amides is 3. The van der Waals surface area contributed by atoms with E-state index in [0.29, 0.717) is 22.5 Å². The van der Waals surface area contributed by atoms with Crippen molar-refractivity contribution in [1.29, 1.82) is 0 Å². The second kappa shape index (κ2) is 10.2. The number of imide groups is 1. The molecule has 0 aliphatic rings. The molecule has 3 amide bonds. The van der Waals surface area contributed by atoms with Crippen molar-refractivity contribution in [3.63, 3.8) is 0 Å². The van der Waals surface area contributed by atoms with Gasteiger partial charge in [-0.25, -0.2) is 4.79 Å². The summed E-state index contributed by atoms with van der Waals surface area (Å²) < 4.78 is 1.96. The fourth-order valence-electron chi connectivity index (χ4n) is 2.89. The number of nitrogens with zero attached hydrogens (tertiary/aromatic N) is 3. The lowest BCUT2D eigenvalue weighted by molar-refractivity contribution is -0.119.